The summed E-state index contributed by atoms with van der Waals surface area (Å²) in [6.07, 6.45) is 3.50. The van der Waals surface area contributed by atoms with Gasteiger partial charge >= 0.3 is 0 Å². The second kappa shape index (κ2) is 6.15. The van der Waals surface area contributed by atoms with E-state index in [2.05, 4.69) is 9.82 Å². The van der Waals surface area contributed by atoms with E-state index in [4.69, 9.17) is 0 Å². The molecule has 20 heavy (non-hydrogen) atoms. The normalized spacial score (nSPS) is 13.3. The fraction of sp³-hybridized carbons (Fsp3) is 0.308. The van der Waals surface area contributed by atoms with E-state index in [1.54, 1.807) is 10.9 Å². The number of hydrogen-bond donors (Lipinski definition) is 1. The molecule has 0 saturated carbocycles. The zero-order valence-electron chi connectivity index (χ0n) is 11.0. The Morgan fingerprint density at radius 3 is 2.65 bits per heavy atom. The average Bonchev–Trinajstić information content (AvgIpc) is 2.90. The van der Waals surface area contributed by atoms with Gasteiger partial charge in [-0.05, 0) is 36.2 Å². The zero-order valence-corrected chi connectivity index (χ0v) is 11.8. The van der Waals surface area contributed by atoms with Crippen LogP contribution in [0.3, 0.4) is 0 Å². The number of hydrogen-bond acceptors (Lipinski definition) is 3. The summed E-state index contributed by atoms with van der Waals surface area (Å²) < 4.78 is 41.0. The van der Waals surface area contributed by atoms with Crippen LogP contribution in [0.5, 0.6) is 0 Å². The third kappa shape index (κ3) is 3.88. The number of sulfonamides is 1. The summed E-state index contributed by atoms with van der Waals surface area (Å²) in [6.45, 7) is 2.84. The Morgan fingerprint density at radius 1 is 1.35 bits per heavy atom. The second-order valence-electron chi connectivity index (χ2n) is 4.64. The predicted molar refractivity (Wildman–Crippen MR) is 73.0 cm³/mol. The van der Waals surface area contributed by atoms with E-state index in [-0.39, 0.29) is 10.8 Å². The van der Waals surface area contributed by atoms with Gasteiger partial charge in [0.1, 0.15) is 5.82 Å². The Kier molecular flexibility index (Phi) is 4.51. The van der Waals surface area contributed by atoms with Crippen molar-refractivity contribution in [2.45, 2.75) is 18.4 Å². The van der Waals surface area contributed by atoms with Crippen molar-refractivity contribution in [3.8, 4) is 0 Å². The number of nitrogens with zero attached hydrogens (tertiary/aromatic N) is 2. The van der Waals surface area contributed by atoms with Crippen LogP contribution in [0.1, 0.15) is 6.92 Å². The highest BCUT2D eigenvalue weighted by atomic mass is 32.2. The van der Waals surface area contributed by atoms with Crippen LogP contribution in [0.25, 0.3) is 0 Å². The van der Waals surface area contributed by atoms with Crippen LogP contribution < -0.4 is 4.72 Å². The molecule has 1 unspecified atom stereocenters. The Bertz CT molecular complexity index is 639. The monoisotopic (exact) mass is 297 g/mol. The van der Waals surface area contributed by atoms with Gasteiger partial charge in [0.2, 0.25) is 10.0 Å². The van der Waals surface area contributed by atoms with Crippen molar-refractivity contribution in [2.24, 2.45) is 5.92 Å². The van der Waals surface area contributed by atoms with Crippen molar-refractivity contribution in [2.75, 3.05) is 6.54 Å². The van der Waals surface area contributed by atoms with E-state index in [1.165, 1.54) is 12.1 Å². The minimum Gasteiger partial charge on any atom is -0.272 e. The maximum Gasteiger partial charge on any atom is 0.240 e. The first-order chi connectivity index (χ1) is 9.47. The fourth-order valence-corrected chi connectivity index (χ4v) is 2.91. The van der Waals surface area contributed by atoms with Crippen molar-refractivity contribution in [1.82, 2.24) is 14.5 Å². The molecule has 0 aliphatic heterocycles. The third-order valence-electron chi connectivity index (χ3n) is 2.80. The molecular formula is C13H16FN3O2S. The molecule has 1 atom stereocenters. The van der Waals surface area contributed by atoms with E-state index >= 15 is 0 Å². The highest BCUT2D eigenvalue weighted by Crippen LogP contribution is 2.10. The third-order valence-corrected chi connectivity index (χ3v) is 4.24. The lowest BCUT2D eigenvalue weighted by Crippen LogP contribution is -2.30. The molecular weight excluding hydrogens is 281 g/mol. The van der Waals surface area contributed by atoms with Crippen molar-refractivity contribution < 1.29 is 12.8 Å². The van der Waals surface area contributed by atoms with Crippen molar-refractivity contribution in [3.63, 3.8) is 0 Å². The number of nitrogens with one attached hydrogen (secondary N) is 1. The van der Waals surface area contributed by atoms with Crippen LogP contribution in [-0.2, 0) is 16.6 Å². The Morgan fingerprint density at radius 2 is 2.05 bits per heavy atom. The summed E-state index contributed by atoms with van der Waals surface area (Å²) in [5.41, 5.74) is 0. The molecule has 0 amide bonds. The molecule has 0 saturated heterocycles. The lowest BCUT2D eigenvalue weighted by atomic mass is 10.2. The van der Waals surface area contributed by atoms with E-state index in [9.17, 15) is 12.8 Å². The van der Waals surface area contributed by atoms with Gasteiger partial charge < -0.3 is 0 Å². The molecule has 0 radical (unpaired) electrons. The molecule has 1 heterocycles. The van der Waals surface area contributed by atoms with Crippen LogP contribution in [0.15, 0.2) is 47.6 Å². The largest absolute Gasteiger partial charge is 0.272 e. The summed E-state index contributed by atoms with van der Waals surface area (Å²) in [6, 6.07) is 6.56. The Balaban J connectivity index is 1.93. The van der Waals surface area contributed by atoms with Crippen molar-refractivity contribution in [3.05, 3.63) is 48.5 Å². The van der Waals surface area contributed by atoms with Gasteiger partial charge in [0.05, 0.1) is 4.90 Å². The molecule has 1 aromatic heterocycles. The van der Waals surface area contributed by atoms with Crippen molar-refractivity contribution in [1.29, 1.82) is 0 Å². The van der Waals surface area contributed by atoms with Crippen LogP contribution >= 0.6 is 0 Å². The predicted octanol–water partition coefficient (Wildman–Crippen LogP) is 1.64. The van der Waals surface area contributed by atoms with E-state index in [1.807, 2.05) is 19.2 Å². The molecule has 0 aliphatic carbocycles. The molecule has 2 aromatic rings. The maximum absolute atomic E-state index is 12.8. The van der Waals surface area contributed by atoms with Gasteiger partial charge in [-0.15, -0.1) is 0 Å². The molecule has 0 fully saturated rings. The highest BCUT2D eigenvalue weighted by Gasteiger charge is 2.15. The van der Waals surface area contributed by atoms with Gasteiger partial charge in [-0.1, -0.05) is 6.92 Å². The molecule has 0 aliphatic rings. The van der Waals surface area contributed by atoms with Crippen LogP contribution in [0.4, 0.5) is 4.39 Å². The van der Waals surface area contributed by atoms with Gasteiger partial charge in [0.25, 0.3) is 0 Å². The first-order valence-electron chi connectivity index (χ1n) is 6.20. The number of aromatic nitrogens is 2. The first-order valence-corrected chi connectivity index (χ1v) is 7.68. The number of benzene rings is 1. The lowest BCUT2D eigenvalue weighted by molar-refractivity contribution is 0.443. The number of rotatable bonds is 6. The van der Waals surface area contributed by atoms with Gasteiger partial charge in [0.15, 0.2) is 0 Å². The topological polar surface area (TPSA) is 64.0 Å². The Labute approximate surface area is 117 Å². The smallest absolute Gasteiger partial charge is 0.240 e. The van der Waals surface area contributed by atoms with E-state index in [0.717, 1.165) is 12.1 Å². The first kappa shape index (κ1) is 14.7. The minimum absolute atomic E-state index is 0.0604. The SMILES string of the molecule is CC(CNS(=O)(=O)c1ccc(F)cc1)Cn1cccn1. The zero-order chi connectivity index (χ0) is 14.6. The number of halogens is 1. The minimum atomic E-state index is -3.60. The van der Waals surface area contributed by atoms with Gasteiger partial charge in [-0.25, -0.2) is 17.5 Å². The molecule has 0 bridgehead atoms. The standard InChI is InChI=1S/C13H16FN3O2S/c1-11(10-17-8-2-7-15-17)9-16-20(18,19)13-5-3-12(14)4-6-13/h2-8,11,16H,9-10H2,1H3. The lowest BCUT2D eigenvalue weighted by Gasteiger charge is -2.13. The summed E-state index contributed by atoms with van der Waals surface area (Å²) in [7, 11) is -3.60. The summed E-state index contributed by atoms with van der Waals surface area (Å²) >= 11 is 0. The van der Waals surface area contributed by atoms with Gasteiger partial charge in [-0.2, -0.15) is 5.10 Å². The molecule has 2 rings (SSSR count). The molecule has 1 aromatic carbocycles. The molecule has 0 spiro atoms. The maximum atomic E-state index is 12.8. The highest BCUT2D eigenvalue weighted by molar-refractivity contribution is 7.89. The van der Waals surface area contributed by atoms with Crippen molar-refractivity contribution >= 4 is 10.0 Å². The van der Waals surface area contributed by atoms with Crippen LogP contribution in [-0.4, -0.2) is 24.7 Å². The average molecular weight is 297 g/mol. The second-order valence-corrected chi connectivity index (χ2v) is 6.41. The summed E-state index contributed by atoms with van der Waals surface area (Å²) in [5.74, 6) is -0.374. The van der Waals surface area contributed by atoms with Gasteiger partial charge in [0, 0.05) is 25.5 Å². The summed E-state index contributed by atoms with van der Waals surface area (Å²) in [4.78, 5) is 0.0604. The molecule has 108 valence electrons. The van der Waals surface area contributed by atoms with E-state index < -0.39 is 15.8 Å². The molecule has 5 nitrogen and oxygen atoms in total. The fourth-order valence-electron chi connectivity index (χ4n) is 1.74. The molecule has 1 N–H and O–H groups in total. The van der Waals surface area contributed by atoms with E-state index in [0.29, 0.717) is 13.1 Å². The quantitative estimate of drug-likeness (QED) is 0.881. The van der Waals surface area contributed by atoms with Crippen LogP contribution in [0.2, 0.25) is 0 Å². The van der Waals surface area contributed by atoms with Gasteiger partial charge in [-0.3, -0.25) is 4.68 Å². The summed E-state index contributed by atoms with van der Waals surface area (Å²) in [5, 5.41) is 4.07. The molecule has 7 heteroatoms. The Hall–Kier alpha value is -1.73. The van der Waals surface area contributed by atoms with Crippen LogP contribution in [0, 0.1) is 11.7 Å².